The molecule has 1 aromatic rings. The summed E-state index contributed by atoms with van der Waals surface area (Å²) in [6, 6.07) is 7.05. The van der Waals surface area contributed by atoms with Crippen molar-refractivity contribution in [3.8, 4) is 0 Å². The number of nitrogens with one attached hydrogen (secondary N) is 1. The van der Waals surface area contributed by atoms with E-state index < -0.39 is 0 Å². The molecular formula is C15H17ClN2O2S. The van der Waals surface area contributed by atoms with E-state index in [9.17, 15) is 9.59 Å². The number of carbonyl (C=O) groups is 2. The fourth-order valence-electron chi connectivity index (χ4n) is 2.97. The Hall–Kier alpha value is -1.20. The Morgan fingerprint density at radius 2 is 2.38 bits per heavy atom. The molecule has 3 rings (SSSR count). The lowest BCUT2D eigenvalue weighted by molar-refractivity contribution is -0.138. The van der Waals surface area contributed by atoms with Crippen LogP contribution in [0.3, 0.4) is 0 Å². The Morgan fingerprint density at radius 1 is 1.57 bits per heavy atom. The predicted octanol–water partition coefficient (Wildman–Crippen LogP) is 2.41. The molecule has 0 aromatic heterocycles. The van der Waals surface area contributed by atoms with Crippen LogP contribution in [0.1, 0.15) is 25.3 Å². The van der Waals surface area contributed by atoms with Gasteiger partial charge in [0.15, 0.2) is 0 Å². The van der Waals surface area contributed by atoms with Crippen LogP contribution in [-0.2, 0) is 16.1 Å². The Labute approximate surface area is 133 Å². The van der Waals surface area contributed by atoms with E-state index in [4.69, 9.17) is 11.6 Å². The molecule has 2 unspecified atom stereocenters. The minimum atomic E-state index is -0.353. The van der Waals surface area contributed by atoms with E-state index in [-0.39, 0.29) is 22.7 Å². The van der Waals surface area contributed by atoms with Gasteiger partial charge in [-0.1, -0.05) is 23.7 Å². The third-order valence-electron chi connectivity index (χ3n) is 4.10. The topological polar surface area (TPSA) is 49.4 Å². The van der Waals surface area contributed by atoms with Gasteiger partial charge in [-0.05, 0) is 31.0 Å². The summed E-state index contributed by atoms with van der Waals surface area (Å²) in [7, 11) is 0. The molecule has 0 bridgehead atoms. The quantitative estimate of drug-likeness (QED) is 0.929. The molecule has 2 fully saturated rings. The van der Waals surface area contributed by atoms with Crippen molar-refractivity contribution >= 4 is 35.2 Å². The van der Waals surface area contributed by atoms with Gasteiger partial charge in [0.1, 0.15) is 6.04 Å². The number of fused-ring (bicyclic) bond motifs is 1. The van der Waals surface area contributed by atoms with E-state index in [0.29, 0.717) is 23.7 Å². The van der Waals surface area contributed by atoms with Crippen LogP contribution in [0.4, 0.5) is 0 Å². The highest BCUT2D eigenvalue weighted by Gasteiger charge is 2.52. The molecule has 21 heavy (non-hydrogen) atoms. The second kappa shape index (κ2) is 5.54. The van der Waals surface area contributed by atoms with Crippen LogP contribution in [0.25, 0.3) is 0 Å². The molecule has 0 saturated carbocycles. The molecule has 0 radical (unpaired) electrons. The average Bonchev–Trinajstić information content (AvgIpc) is 2.94. The molecule has 2 saturated heterocycles. The Morgan fingerprint density at radius 3 is 3.14 bits per heavy atom. The maximum absolute atomic E-state index is 12.4. The molecule has 0 aliphatic carbocycles. The fourth-order valence-corrected chi connectivity index (χ4v) is 4.61. The third-order valence-corrected chi connectivity index (χ3v) is 5.84. The van der Waals surface area contributed by atoms with Crippen molar-refractivity contribution in [1.29, 1.82) is 0 Å². The lowest BCUT2D eigenvalue weighted by atomic mass is 10.2. The standard InChI is InChI=1S/C15H17ClN2O2S/c1-15-6-5-13(19)18(15)12(9-21-15)14(20)17-8-10-3-2-4-11(16)7-10/h2-4,7,12H,5-6,8-9H2,1H3,(H,17,20). The molecule has 2 atom stereocenters. The number of thioether (sulfide) groups is 1. The molecule has 1 aromatic carbocycles. The minimum absolute atomic E-state index is 0.0820. The smallest absolute Gasteiger partial charge is 0.243 e. The largest absolute Gasteiger partial charge is 0.350 e. The SMILES string of the molecule is CC12CCC(=O)N1C(C(=O)NCc1cccc(Cl)c1)CS2. The Kier molecular flexibility index (Phi) is 3.88. The van der Waals surface area contributed by atoms with E-state index in [2.05, 4.69) is 5.32 Å². The first kappa shape index (κ1) is 14.7. The van der Waals surface area contributed by atoms with Crippen LogP contribution < -0.4 is 5.32 Å². The summed E-state index contributed by atoms with van der Waals surface area (Å²) >= 11 is 7.63. The summed E-state index contributed by atoms with van der Waals surface area (Å²) in [5, 5.41) is 3.57. The fraction of sp³-hybridized carbons (Fsp3) is 0.467. The first-order valence-corrected chi connectivity index (χ1v) is 8.34. The van der Waals surface area contributed by atoms with Crippen molar-refractivity contribution < 1.29 is 9.59 Å². The molecule has 2 heterocycles. The zero-order valence-electron chi connectivity index (χ0n) is 11.8. The van der Waals surface area contributed by atoms with Crippen LogP contribution in [0.15, 0.2) is 24.3 Å². The van der Waals surface area contributed by atoms with E-state index >= 15 is 0 Å². The average molecular weight is 325 g/mol. The van der Waals surface area contributed by atoms with Gasteiger partial charge in [0.05, 0.1) is 4.87 Å². The van der Waals surface area contributed by atoms with E-state index in [1.165, 1.54) is 0 Å². The van der Waals surface area contributed by atoms with Crippen molar-refractivity contribution in [3.05, 3.63) is 34.9 Å². The predicted molar refractivity (Wildman–Crippen MR) is 84.0 cm³/mol. The number of benzene rings is 1. The number of nitrogens with zero attached hydrogens (tertiary/aromatic N) is 1. The second-order valence-corrected chi connectivity index (χ2v) is 7.55. The third kappa shape index (κ3) is 2.77. The van der Waals surface area contributed by atoms with Gasteiger partial charge in [0.2, 0.25) is 11.8 Å². The van der Waals surface area contributed by atoms with Crippen LogP contribution >= 0.6 is 23.4 Å². The van der Waals surface area contributed by atoms with E-state index in [0.717, 1.165) is 12.0 Å². The normalized spacial score (nSPS) is 27.8. The number of hydrogen-bond acceptors (Lipinski definition) is 3. The highest BCUT2D eigenvalue weighted by atomic mass is 35.5. The molecular weight excluding hydrogens is 308 g/mol. The number of amides is 2. The van der Waals surface area contributed by atoms with Crippen LogP contribution in [0.2, 0.25) is 5.02 Å². The van der Waals surface area contributed by atoms with Gasteiger partial charge in [-0.25, -0.2) is 0 Å². The van der Waals surface area contributed by atoms with Crippen LogP contribution in [0.5, 0.6) is 0 Å². The van der Waals surface area contributed by atoms with Crippen molar-refractivity contribution in [1.82, 2.24) is 10.2 Å². The van der Waals surface area contributed by atoms with Crippen molar-refractivity contribution in [2.75, 3.05) is 5.75 Å². The van der Waals surface area contributed by atoms with Gasteiger partial charge in [0.25, 0.3) is 0 Å². The van der Waals surface area contributed by atoms with Crippen molar-refractivity contribution in [2.45, 2.75) is 37.2 Å². The maximum Gasteiger partial charge on any atom is 0.243 e. The number of hydrogen-bond donors (Lipinski definition) is 1. The monoisotopic (exact) mass is 324 g/mol. The molecule has 4 nitrogen and oxygen atoms in total. The summed E-state index contributed by atoms with van der Waals surface area (Å²) in [6.07, 6.45) is 1.37. The number of rotatable bonds is 3. The van der Waals surface area contributed by atoms with Gasteiger partial charge in [0, 0.05) is 23.7 Å². The highest BCUT2D eigenvalue weighted by molar-refractivity contribution is 8.01. The van der Waals surface area contributed by atoms with Crippen molar-refractivity contribution in [2.24, 2.45) is 0 Å². The first-order chi connectivity index (χ1) is 9.99. The molecule has 112 valence electrons. The summed E-state index contributed by atoms with van der Waals surface area (Å²) in [4.78, 5) is 26.0. The van der Waals surface area contributed by atoms with Crippen molar-refractivity contribution in [3.63, 3.8) is 0 Å². The minimum Gasteiger partial charge on any atom is -0.350 e. The molecule has 2 aliphatic heterocycles. The lowest BCUT2D eigenvalue weighted by Crippen LogP contribution is -2.49. The summed E-state index contributed by atoms with van der Waals surface area (Å²) in [5.74, 6) is 0.677. The van der Waals surface area contributed by atoms with Gasteiger partial charge in [-0.2, -0.15) is 0 Å². The Balaban J connectivity index is 1.65. The molecule has 2 aliphatic rings. The summed E-state index contributed by atoms with van der Waals surface area (Å²) in [5.41, 5.74) is 0.956. The maximum atomic E-state index is 12.4. The summed E-state index contributed by atoms with van der Waals surface area (Å²) in [6.45, 7) is 2.48. The molecule has 0 spiro atoms. The second-order valence-electron chi connectivity index (χ2n) is 5.61. The lowest BCUT2D eigenvalue weighted by Gasteiger charge is -2.29. The van der Waals surface area contributed by atoms with Gasteiger partial charge >= 0.3 is 0 Å². The van der Waals surface area contributed by atoms with E-state index in [1.807, 2.05) is 25.1 Å². The van der Waals surface area contributed by atoms with Gasteiger partial charge in [-0.15, -0.1) is 11.8 Å². The zero-order valence-corrected chi connectivity index (χ0v) is 13.3. The van der Waals surface area contributed by atoms with E-state index in [1.54, 1.807) is 22.7 Å². The number of carbonyl (C=O) groups excluding carboxylic acids is 2. The van der Waals surface area contributed by atoms with Gasteiger partial charge in [-0.3, -0.25) is 9.59 Å². The van der Waals surface area contributed by atoms with Crippen LogP contribution in [0, 0.1) is 0 Å². The van der Waals surface area contributed by atoms with Gasteiger partial charge < -0.3 is 10.2 Å². The zero-order chi connectivity index (χ0) is 15.0. The molecule has 6 heteroatoms. The number of halogens is 1. The molecule has 1 N–H and O–H groups in total. The Bertz CT molecular complexity index is 595. The highest BCUT2D eigenvalue weighted by Crippen LogP contribution is 2.47. The summed E-state index contributed by atoms with van der Waals surface area (Å²) < 4.78 is 0. The molecule has 2 amide bonds. The first-order valence-electron chi connectivity index (χ1n) is 6.98. The van der Waals surface area contributed by atoms with Crippen LogP contribution in [-0.4, -0.2) is 33.4 Å².